The zero-order chi connectivity index (χ0) is 20.7. The van der Waals surface area contributed by atoms with Gasteiger partial charge in [0.2, 0.25) is 10.0 Å². The van der Waals surface area contributed by atoms with Gasteiger partial charge >= 0.3 is 6.03 Å². The average Bonchev–Trinajstić information content (AvgIpc) is 3.40. The zero-order valence-corrected chi connectivity index (χ0v) is 18.2. The van der Waals surface area contributed by atoms with Crippen LogP contribution >= 0.6 is 0 Å². The molecule has 0 spiro atoms. The van der Waals surface area contributed by atoms with E-state index in [2.05, 4.69) is 21.0 Å². The molecule has 1 unspecified atom stereocenters. The van der Waals surface area contributed by atoms with Crippen molar-refractivity contribution in [1.29, 1.82) is 0 Å². The highest BCUT2D eigenvalue weighted by atomic mass is 32.2. The van der Waals surface area contributed by atoms with E-state index in [4.69, 9.17) is 4.74 Å². The third kappa shape index (κ3) is 3.97. The fourth-order valence-electron chi connectivity index (χ4n) is 5.40. The molecule has 2 saturated heterocycles. The number of benzene rings is 1. The molecule has 0 radical (unpaired) electrons. The quantitative estimate of drug-likeness (QED) is 0.718. The van der Waals surface area contributed by atoms with Crippen LogP contribution in [0, 0.1) is 5.92 Å². The second-order valence-corrected chi connectivity index (χ2v) is 11.2. The second-order valence-electron chi connectivity index (χ2n) is 9.24. The van der Waals surface area contributed by atoms with Crippen molar-refractivity contribution in [2.75, 3.05) is 38.2 Å². The predicted molar refractivity (Wildman–Crippen MR) is 115 cm³/mol. The summed E-state index contributed by atoms with van der Waals surface area (Å²) < 4.78 is 33.0. The van der Waals surface area contributed by atoms with Gasteiger partial charge in [-0.15, -0.1) is 0 Å². The van der Waals surface area contributed by atoms with Gasteiger partial charge in [-0.1, -0.05) is 6.07 Å². The summed E-state index contributed by atoms with van der Waals surface area (Å²) in [6.45, 7) is 3.55. The van der Waals surface area contributed by atoms with E-state index in [0.29, 0.717) is 19.0 Å². The lowest BCUT2D eigenvalue weighted by molar-refractivity contribution is 0.156. The van der Waals surface area contributed by atoms with Crippen LogP contribution in [-0.4, -0.2) is 57.4 Å². The number of rotatable bonds is 6. The molecule has 0 aromatic heterocycles. The van der Waals surface area contributed by atoms with Crippen molar-refractivity contribution >= 4 is 21.7 Å². The molecule has 0 saturated carbocycles. The highest BCUT2D eigenvalue weighted by Gasteiger charge is 2.38. The standard InChI is InChI=1S/C22H31N3O4S/c26-22(23-21-19-5-1-3-16(19)11-17-4-2-6-20(17)21)24-30(27,28)18-12-25(13-18)9-7-15-8-10-29-14-15/h11,15,18H,1-10,12-14H2,(H2,23,24,26). The van der Waals surface area contributed by atoms with Crippen LogP contribution in [0.25, 0.3) is 0 Å². The fourth-order valence-corrected chi connectivity index (χ4v) is 6.69. The van der Waals surface area contributed by atoms with Crippen LogP contribution in [0.3, 0.4) is 0 Å². The second kappa shape index (κ2) is 8.13. The first-order chi connectivity index (χ1) is 14.5. The van der Waals surface area contributed by atoms with E-state index in [0.717, 1.165) is 76.8 Å². The molecule has 2 N–H and O–H groups in total. The minimum absolute atomic E-state index is 0.492. The van der Waals surface area contributed by atoms with Gasteiger partial charge in [-0.2, -0.15) is 0 Å². The fraction of sp³-hybridized carbons (Fsp3) is 0.682. The Kier molecular flexibility index (Phi) is 5.49. The van der Waals surface area contributed by atoms with Crippen LogP contribution in [0.2, 0.25) is 0 Å². The number of hydrogen-bond donors (Lipinski definition) is 2. The number of nitrogens with zero attached hydrogens (tertiary/aromatic N) is 1. The molecule has 2 heterocycles. The van der Waals surface area contributed by atoms with E-state index in [9.17, 15) is 13.2 Å². The molecule has 2 aliphatic heterocycles. The first-order valence-electron chi connectivity index (χ1n) is 11.3. The maximum absolute atomic E-state index is 12.7. The van der Waals surface area contributed by atoms with Gasteiger partial charge in [-0.05, 0) is 86.1 Å². The zero-order valence-electron chi connectivity index (χ0n) is 17.4. The first kappa shape index (κ1) is 20.3. The third-order valence-electron chi connectivity index (χ3n) is 7.19. The van der Waals surface area contributed by atoms with E-state index in [1.807, 2.05) is 0 Å². The van der Waals surface area contributed by atoms with E-state index >= 15 is 0 Å². The maximum Gasteiger partial charge on any atom is 0.332 e. The Morgan fingerprint density at radius 1 is 1.10 bits per heavy atom. The molecule has 8 heteroatoms. The normalized spacial score (nSPS) is 23.8. The number of nitrogens with one attached hydrogen (secondary N) is 2. The largest absolute Gasteiger partial charge is 0.381 e. The molecule has 5 rings (SSSR count). The molecule has 1 aromatic carbocycles. The Morgan fingerprint density at radius 3 is 2.43 bits per heavy atom. The van der Waals surface area contributed by atoms with Crippen molar-refractivity contribution < 1.29 is 17.9 Å². The minimum atomic E-state index is -3.67. The summed E-state index contributed by atoms with van der Waals surface area (Å²) in [5, 5.41) is 2.40. The van der Waals surface area contributed by atoms with E-state index < -0.39 is 21.3 Å². The first-order valence-corrected chi connectivity index (χ1v) is 12.8. The Hall–Kier alpha value is -1.64. The Balaban J connectivity index is 1.17. The molecule has 2 aliphatic carbocycles. The number of anilines is 1. The van der Waals surface area contributed by atoms with Crippen molar-refractivity contribution in [1.82, 2.24) is 9.62 Å². The Bertz CT molecular complexity index is 902. The summed E-state index contributed by atoms with van der Waals surface area (Å²) >= 11 is 0. The summed E-state index contributed by atoms with van der Waals surface area (Å²) in [5.74, 6) is 0.596. The van der Waals surface area contributed by atoms with Crippen LogP contribution in [0.15, 0.2) is 6.07 Å². The molecular formula is C22H31N3O4S. The van der Waals surface area contributed by atoms with Crippen molar-refractivity contribution in [3.8, 4) is 0 Å². The SMILES string of the molecule is O=C(Nc1c2c(cc3c1CCC3)CCC2)NS(=O)(=O)C1CN(CCC2CCOC2)C1. The Labute approximate surface area is 178 Å². The maximum atomic E-state index is 12.7. The molecule has 30 heavy (non-hydrogen) atoms. The number of sulfonamides is 1. The number of amides is 2. The molecule has 1 atom stereocenters. The summed E-state index contributed by atoms with van der Waals surface area (Å²) in [6.07, 6.45) is 8.33. The van der Waals surface area contributed by atoms with Crippen LogP contribution in [0.5, 0.6) is 0 Å². The van der Waals surface area contributed by atoms with E-state index in [1.54, 1.807) is 0 Å². The highest BCUT2D eigenvalue weighted by molar-refractivity contribution is 7.90. The average molecular weight is 434 g/mol. The van der Waals surface area contributed by atoms with Crippen molar-refractivity contribution in [3.05, 3.63) is 28.3 Å². The highest BCUT2D eigenvalue weighted by Crippen LogP contribution is 2.38. The van der Waals surface area contributed by atoms with Gasteiger partial charge in [0.15, 0.2) is 0 Å². The van der Waals surface area contributed by atoms with Crippen molar-refractivity contribution in [2.24, 2.45) is 5.92 Å². The number of ether oxygens (including phenoxy) is 1. The van der Waals surface area contributed by atoms with Crippen LogP contribution in [-0.2, 0) is 40.4 Å². The number of carbonyl (C=O) groups is 1. The monoisotopic (exact) mass is 433 g/mol. The van der Waals surface area contributed by atoms with Gasteiger partial charge < -0.3 is 15.0 Å². The van der Waals surface area contributed by atoms with Gasteiger partial charge in [-0.25, -0.2) is 17.9 Å². The van der Waals surface area contributed by atoms with Crippen LogP contribution < -0.4 is 10.0 Å². The summed E-state index contributed by atoms with van der Waals surface area (Å²) in [4.78, 5) is 14.8. The van der Waals surface area contributed by atoms with Crippen molar-refractivity contribution in [2.45, 2.75) is 56.6 Å². The van der Waals surface area contributed by atoms with E-state index in [1.165, 1.54) is 22.3 Å². The number of carbonyl (C=O) groups excluding carboxylic acids is 1. The summed E-state index contributed by atoms with van der Waals surface area (Å²) in [7, 11) is -3.67. The van der Waals surface area contributed by atoms with Gasteiger partial charge in [0.1, 0.15) is 5.25 Å². The lowest BCUT2D eigenvalue weighted by Gasteiger charge is -2.38. The molecule has 2 amide bonds. The predicted octanol–water partition coefficient (Wildman–Crippen LogP) is 2.23. The third-order valence-corrected chi connectivity index (χ3v) is 8.83. The molecule has 4 aliphatic rings. The molecule has 1 aromatic rings. The number of aryl methyl sites for hydroxylation is 2. The van der Waals surface area contributed by atoms with Gasteiger partial charge in [0, 0.05) is 32.0 Å². The number of urea groups is 1. The minimum Gasteiger partial charge on any atom is -0.381 e. The van der Waals surface area contributed by atoms with Gasteiger partial charge in [0.25, 0.3) is 0 Å². The lowest BCUT2D eigenvalue weighted by atomic mass is 9.99. The molecule has 2 fully saturated rings. The van der Waals surface area contributed by atoms with Crippen molar-refractivity contribution in [3.63, 3.8) is 0 Å². The number of likely N-dealkylation sites (tertiary alicyclic amines) is 1. The molecule has 0 bridgehead atoms. The number of hydrogen-bond acceptors (Lipinski definition) is 5. The van der Waals surface area contributed by atoms with Crippen LogP contribution in [0.4, 0.5) is 10.5 Å². The molecule has 7 nitrogen and oxygen atoms in total. The smallest absolute Gasteiger partial charge is 0.332 e. The van der Waals surface area contributed by atoms with Gasteiger partial charge in [0.05, 0.1) is 0 Å². The molecular weight excluding hydrogens is 402 g/mol. The van der Waals surface area contributed by atoms with Crippen LogP contribution in [0.1, 0.15) is 47.9 Å². The van der Waals surface area contributed by atoms with Gasteiger partial charge in [-0.3, -0.25) is 0 Å². The molecule has 164 valence electrons. The lowest BCUT2D eigenvalue weighted by Crippen LogP contribution is -2.58. The number of fused-ring (bicyclic) bond motifs is 2. The summed E-state index contributed by atoms with van der Waals surface area (Å²) in [6, 6.07) is 1.68. The topological polar surface area (TPSA) is 87.7 Å². The summed E-state index contributed by atoms with van der Waals surface area (Å²) in [5.41, 5.74) is 5.91. The van der Waals surface area contributed by atoms with E-state index in [-0.39, 0.29) is 0 Å². The Morgan fingerprint density at radius 2 is 1.80 bits per heavy atom.